The second kappa shape index (κ2) is 8.78. The van der Waals surface area contributed by atoms with E-state index in [1.807, 2.05) is 24.3 Å². The van der Waals surface area contributed by atoms with Gasteiger partial charge in [-0.2, -0.15) is 0 Å². The highest BCUT2D eigenvalue weighted by molar-refractivity contribution is 5.90. The lowest BCUT2D eigenvalue weighted by Crippen LogP contribution is -2.38. The minimum absolute atomic E-state index is 0.104. The van der Waals surface area contributed by atoms with Gasteiger partial charge in [-0.3, -0.25) is 0 Å². The van der Waals surface area contributed by atoms with Gasteiger partial charge in [0.25, 0.3) is 0 Å². The van der Waals surface area contributed by atoms with Gasteiger partial charge >= 0.3 is 12.4 Å². The number of rotatable bonds is 6. The summed E-state index contributed by atoms with van der Waals surface area (Å²) >= 11 is 0. The molecule has 6 nitrogen and oxygen atoms in total. The van der Waals surface area contributed by atoms with E-state index in [0.29, 0.717) is 31.4 Å². The first kappa shape index (κ1) is 21.9. The summed E-state index contributed by atoms with van der Waals surface area (Å²) in [6.45, 7) is 2.34. The molecular weight excluding hydrogens is 437 g/mol. The molecule has 0 aromatic heterocycles. The molecule has 0 unspecified atom stereocenters. The minimum atomic E-state index is -4.76. The maximum absolute atomic E-state index is 13.3. The molecule has 176 valence electrons. The van der Waals surface area contributed by atoms with Crippen LogP contribution in [-0.4, -0.2) is 43.7 Å². The van der Waals surface area contributed by atoms with E-state index in [9.17, 15) is 18.0 Å². The van der Waals surface area contributed by atoms with Gasteiger partial charge in [-0.15, -0.1) is 13.2 Å². The molecule has 2 aromatic rings. The number of likely N-dealkylation sites (tertiary alicyclic amines) is 1. The highest BCUT2D eigenvalue weighted by atomic mass is 19.4. The molecule has 2 heterocycles. The van der Waals surface area contributed by atoms with Crippen molar-refractivity contribution >= 4 is 11.7 Å². The van der Waals surface area contributed by atoms with Gasteiger partial charge in [0.15, 0.2) is 0 Å². The van der Waals surface area contributed by atoms with Crippen molar-refractivity contribution in [1.82, 2.24) is 4.90 Å². The third-order valence-electron chi connectivity index (χ3n) is 6.43. The molecule has 3 atom stereocenters. The average Bonchev–Trinajstić information content (AvgIpc) is 3.53. The smallest absolute Gasteiger partial charge is 0.493 e. The van der Waals surface area contributed by atoms with Gasteiger partial charge in [-0.1, -0.05) is 18.2 Å². The Hall–Kier alpha value is -2.94. The van der Waals surface area contributed by atoms with E-state index >= 15 is 0 Å². The molecule has 5 rings (SSSR count). The molecule has 0 bridgehead atoms. The van der Waals surface area contributed by atoms with Crippen molar-refractivity contribution in [3.8, 4) is 11.5 Å². The standard InChI is InChI=1S/C24H25F3N2O4/c25-24(26,27)33-18-9-7-17(8-10-18)28-23(30)29-11-16(13-31-12-15-5-6-15)20-14-32-21-4-2-1-3-19(21)22(20)29/h1-4,7-10,15-16,20,22H,5-6,11-14H2,(H,28,30)/t16-,20-,22-/m0/s1. The Bertz CT molecular complexity index is 994. The first-order valence-electron chi connectivity index (χ1n) is 11.1. The molecule has 1 saturated heterocycles. The molecule has 1 saturated carbocycles. The Balaban J connectivity index is 1.31. The highest BCUT2D eigenvalue weighted by Gasteiger charge is 2.48. The van der Waals surface area contributed by atoms with Crippen LogP contribution >= 0.6 is 0 Å². The first-order chi connectivity index (χ1) is 15.9. The highest BCUT2D eigenvalue weighted by Crippen LogP contribution is 2.47. The Morgan fingerprint density at radius 3 is 2.58 bits per heavy atom. The molecule has 0 radical (unpaired) electrons. The van der Waals surface area contributed by atoms with Crippen LogP contribution in [0.3, 0.4) is 0 Å². The predicted octanol–water partition coefficient (Wildman–Crippen LogP) is 5.23. The van der Waals surface area contributed by atoms with E-state index in [4.69, 9.17) is 9.47 Å². The minimum Gasteiger partial charge on any atom is -0.493 e. The lowest BCUT2D eigenvalue weighted by molar-refractivity contribution is -0.274. The number of nitrogens with zero attached hydrogens (tertiary/aromatic N) is 1. The third-order valence-corrected chi connectivity index (χ3v) is 6.43. The summed E-state index contributed by atoms with van der Waals surface area (Å²) in [5.74, 6) is 1.33. The summed E-state index contributed by atoms with van der Waals surface area (Å²) in [7, 11) is 0. The van der Waals surface area contributed by atoms with Gasteiger partial charge in [-0.25, -0.2) is 4.79 Å². The Labute approximate surface area is 189 Å². The van der Waals surface area contributed by atoms with Crippen molar-refractivity contribution in [2.24, 2.45) is 17.8 Å². The van der Waals surface area contributed by atoms with Crippen LogP contribution in [0.15, 0.2) is 48.5 Å². The van der Waals surface area contributed by atoms with Gasteiger partial charge in [-0.05, 0) is 49.1 Å². The van der Waals surface area contributed by atoms with E-state index in [-0.39, 0.29) is 29.7 Å². The fourth-order valence-corrected chi connectivity index (χ4v) is 4.65. The molecule has 1 aliphatic carbocycles. The van der Waals surface area contributed by atoms with Crippen LogP contribution in [0.2, 0.25) is 0 Å². The Kier molecular flexibility index (Phi) is 5.82. The van der Waals surface area contributed by atoms with E-state index < -0.39 is 6.36 Å². The number of halogens is 3. The third kappa shape index (κ3) is 5.03. The zero-order valence-corrected chi connectivity index (χ0v) is 17.9. The molecular formula is C24H25F3N2O4. The number of anilines is 1. The number of hydrogen-bond donors (Lipinski definition) is 1. The van der Waals surface area contributed by atoms with Crippen molar-refractivity contribution < 1.29 is 32.2 Å². The molecule has 33 heavy (non-hydrogen) atoms. The number of carbonyl (C=O) groups is 1. The topological polar surface area (TPSA) is 60.0 Å². The normalized spacial score (nSPS) is 24.0. The number of amides is 2. The second-order valence-corrected chi connectivity index (χ2v) is 8.85. The Morgan fingerprint density at radius 1 is 1.09 bits per heavy atom. The van der Waals surface area contributed by atoms with Crippen molar-refractivity contribution in [2.75, 3.05) is 31.7 Å². The molecule has 0 spiro atoms. The van der Waals surface area contributed by atoms with Gasteiger partial charge in [0.05, 0.1) is 19.3 Å². The SMILES string of the molecule is O=C(Nc1ccc(OC(F)(F)F)cc1)N1C[C@@H](COCC2CC2)[C@@H]2COc3ccccc3[C@@H]21. The van der Waals surface area contributed by atoms with Gasteiger partial charge < -0.3 is 24.4 Å². The average molecular weight is 462 g/mol. The van der Waals surface area contributed by atoms with Crippen LogP contribution in [0.1, 0.15) is 24.4 Å². The van der Waals surface area contributed by atoms with E-state index in [1.165, 1.54) is 37.1 Å². The number of para-hydroxylation sites is 1. The number of ether oxygens (including phenoxy) is 3. The van der Waals surface area contributed by atoms with E-state index in [1.54, 1.807) is 4.90 Å². The largest absolute Gasteiger partial charge is 0.573 e. The van der Waals surface area contributed by atoms with Crippen molar-refractivity contribution in [1.29, 1.82) is 0 Å². The number of urea groups is 1. The van der Waals surface area contributed by atoms with Crippen molar-refractivity contribution in [2.45, 2.75) is 25.2 Å². The zero-order valence-electron chi connectivity index (χ0n) is 17.9. The Morgan fingerprint density at radius 2 is 1.85 bits per heavy atom. The van der Waals surface area contributed by atoms with Crippen LogP contribution in [0, 0.1) is 17.8 Å². The van der Waals surface area contributed by atoms with Crippen molar-refractivity contribution in [3.63, 3.8) is 0 Å². The summed E-state index contributed by atoms with van der Waals surface area (Å²) in [6, 6.07) is 12.4. The van der Waals surface area contributed by atoms with Gasteiger partial charge in [0, 0.05) is 36.2 Å². The van der Waals surface area contributed by atoms with Crippen LogP contribution in [0.25, 0.3) is 0 Å². The number of alkyl halides is 3. The zero-order chi connectivity index (χ0) is 23.0. The summed E-state index contributed by atoms with van der Waals surface area (Å²) < 4.78 is 53.0. The molecule has 2 aliphatic heterocycles. The quantitative estimate of drug-likeness (QED) is 0.639. The van der Waals surface area contributed by atoms with Crippen LogP contribution in [-0.2, 0) is 4.74 Å². The molecule has 2 fully saturated rings. The monoisotopic (exact) mass is 462 g/mol. The lowest BCUT2D eigenvalue weighted by Gasteiger charge is -2.34. The summed E-state index contributed by atoms with van der Waals surface area (Å²) in [5, 5.41) is 2.81. The van der Waals surface area contributed by atoms with E-state index in [2.05, 4.69) is 10.1 Å². The van der Waals surface area contributed by atoms with Crippen LogP contribution < -0.4 is 14.8 Å². The maximum Gasteiger partial charge on any atom is 0.573 e. The number of fused-ring (bicyclic) bond motifs is 3. The number of carbonyl (C=O) groups excluding carboxylic acids is 1. The summed E-state index contributed by atoms with van der Waals surface area (Å²) in [6.07, 6.45) is -2.33. The number of benzene rings is 2. The van der Waals surface area contributed by atoms with E-state index in [0.717, 1.165) is 17.9 Å². The number of hydrogen-bond acceptors (Lipinski definition) is 4. The number of nitrogens with one attached hydrogen (secondary N) is 1. The molecule has 1 N–H and O–H groups in total. The van der Waals surface area contributed by atoms with Crippen LogP contribution in [0.5, 0.6) is 11.5 Å². The van der Waals surface area contributed by atoms with Crippen molar-refractivity contribution in [3.05, 3.63) is 54.1 Å². The first-order valence-corrected chi connectivity index (χ1v) is 11.1. The summed E-state index contributed by atoms with van der Waals surface area (Å²) in [4.78, 5) is 15.0. The fraction of sp³-hybridized carbons (Fsp3) is 0.458. The van der Waals surface area contributed by atoms with Gasteiger partial charge in [0.1, 0.15) is 11.5 Å². The molecule has 2 aromatic carbocycles. The maximum atomic E-state index is 13.3. The van der Waals surface area contributed by atoms with Gasteiger partial charge in [0.2, 0.25) is 0 Å². The second-order valence-electron chi connectivity index (χ2n) is 8.85. The predicted molar refractivity (Wildman–Crippen MR) is 114 cm³/mol. The fourth-order valence-electron chi connectivity index (χ4n) is 4.65. The summed E-state index contributed by atoms with van der Waals surface area (Å²) in [5.41, 5.74) is 1.35. The molecule has 3 aliphatic rings. The molecule has 9 heteroatoms. The molecule has 2 amide bonds. The lowest BCUT2D eigenvalue weighted by atomic mass is 9.86. The van der Waals surface area contributed by atoms with Crippen LogP contribution in [0.4, 0.5) is 23.7 Å².